The predicted molar refractivity (Wildman–Crippen MR) is 102 cm³/mol. The molecule has 2 aromatic carbocycles. The molecule has 0 bridgehead atoms. The lowest BCUT2D eigenvalue weighted by Crippen LogP contribution is -2.38. The van der Waals surface area contributed by atoms with Gasteiger partial charge in [0.15, 0.2) is 0 Å². The summed E-state index contributed by atoms with van der Waals surface area (Å²) < 4.78 is 2.32. The molecule has 2 heterocycles. The van der Waals surface area contributed by atoms with Crippen LogP contribution in [-0.2, 0) is 7.05 Å². The van der Waals surface area contributed by atoms with Gasteiger partial charge in [-0.25, -0.2) is 0 Å². The molecule has 0 N–H and O–H groups in total. The van der Waals surface area contributed by atoms with Crippen LogP contribution in [0.5, 0.6) is 0 Å². The van der Waals surface area contributed by atoms with Crippen molar-refractivity contribution >= 4 is 16.8 Å². The van der Waals surface area contributed by atoms with Crippen molar-refractivity contribution < 1.29 is 4.79 Å². The average molecular weight is 332 g/mol. The molecular formula is C22H24N2O. The van der Waals surface area contributed by atoms with Gasteiger partial charge >= 0.3 is 0 Å². The number of fused-ring (bicyclic) bond motifs is 1. The second-order valence-corrected chi connectivity index (χ2v) is 7.12. The highest BCUT2D eigenvalue weighted by molar-refractivity contribution is 5.94. The van der Waals surface area contributed by atoms with Crippen LogP contribution in [0.1, 0.15) is 40.4 Å². The van der Waals surface area contributed by atoms with Gasteiger partial charge in [-0.1, -0.05) is 35.9 Å². The van der Waals surface area contributed by atoms with E-state index in [4.69, 9.17) is 0 Å². The zero-order chi connectivity index (χ0) is 17.4. The fourth-order valence-corrected chi connectivity index (χ4v) is 3.96. The van der Waals surface area contributed by atoms with Crippen molar-refractivity contribution in [3.05, 3.63) is 71.4 Å². The van der Waals surface area contributed by atoms with Crippen molar-refractivity contribution in [1.29, 1.82) is 0 Å². The number of carbonyl (C=O) groups is 1. The summed E-state index contributed by atoms with van der Waals surface area (Å²) >= 11 is 0. The number of aromatic nitrogens is 1. The molecule has 0 unspecified atom stereocenters. The number of benzene rings is 2. The summed E-state index contributed by atoms with van der Waals surface area (Å²) in [7, 11) is 2.15. The SMILES string of the molecule is Cc1ccc(C(=O)N2CCC(c3cc4ccccc4n3C)CC2)cc1. The molecule has 128 valence electrons. The van der Waals surface area contributed by atoms with E-state index in [-0.39, 0.29) is 5.91 Å². The minimum atomic E-state index is 0.162. The summed E-state index contributed by atoms with van der Waals surface area (Å²) in [5.41, 5.74) is 4.67. The number of likely N-dealkylation sites (tertiary alicyclic amines) is 1. The first kappa shape index (κ1) is 15.9. The number of rotatable bonds is 2. The first-order valence-electron chi connectivity index (χ1n) is 9.04. The lowest BCUT2D eigenvalue weighted by Gasteiger charge is -2.32. The van der Waals surface area contributed by atoms with Crippen molar-refractivity contribution in [3.63, 3.8) is 0 Å². The number of nitrogens with zero attached hydrogens (tertiary/aromatic N) is 2. The molecule has 0 atom stereocenters. The lowest BCUT2D eigenvalue weighted by molar-refractivity contribution is 0.0711. The number of hydrogen-bond donors (Lipinski definition) is 0. The average Bonchev–Trinajstić information content (AvgIpc) is 2.99. The third-order valence-electron chi connectivity index (χ3n) is 5.49. The molecule has 0 aliphatic carbocycles. The number of carbonyl (C=O) groups excluding carboxylic acids is 1. The van der Waals surface area contributed by atoms with Gasteiger partial charge in [0, 0.05) is 42.8 Å². The van der Waals surface area contributed by atoms with Crippen LogP contribution in [0.25, 0.3) is 10.9 Å². The van der Waals surface area contributed by atoms with Crippen molar-refractivity contribution in [2.75, 3.05) is 13.1 Å². The molecule has 3 aromatic rings. The van der Waals surface area contributed by atoms with Gasteiger partial charge < -0.3 is 9.47 Å². The van der Waals surface area contributed by atoms with Gasteiger partial charge in [-0.15, -0.1) is 0 Å². The zero-order valence-electron chi connectivity index (χ0n) is 14.9. The molecule has 3 nitrogen and oxygen atoms in total. The van der Waals surface area contributed by atoms with Gasteiger partial charge in [-0.2, -0.15) is 0 Å². The minimum absolute atomic E-state index is 0.162. The maximum Gasteiger partial charge on any atom is 0.253 e. The van der Waals surface area contributed by atoms with Crippen LogP contribution < -0.4 is 0 Å². The smallest absolute Gasteiger partial charge is 0.253 e. The van der Waals surface area contributed by atoms with Gasteiger partial charge in [-0.05, 0) is 49.4 Å². The van der Waals surface area contributed by atoms with Crippen molar-refractivity contribution in [1.82, 2.24) is 9.47 Å². The Labute approximate surface area is 148 Å². The van der Waals surface area contributed by atoms with E-state index in [2.05, 4.69) is 41.9 Å². The van der Waals surface area contributed by atoms with E-state index >= 15 is 0 Å². The molecule has 1 aliphatic heterocycles. The highest BCUT2D eigenvalue weighted by Crippen LogP contribution is 2.32. The van der Waals surface area contributed by atoms with E-state index in [9.17, 15) is 4.79 Å². The van der Waals surface area contributed by atoms with E-state index in [0.29, 0.717) is 5.92 Å². The Bertz CT molecular complexity index is 899. The standard InChI is InChI=1S/C22H24N2O/c1-16-7-9-18(10-8-16)22(25)24-13-11-17(12-14-24)21-15-19-5-3-4-6-20(19)23(21)2/h3-10,15,17H,11-14H2,1-2H3. The zero-order valence-corrected chi connectivity index (χ0v) is 14.9. The van der Waals surface area contributed by atoms with Crippen molar-refractivity contribution in [3.8, 4) is 0 Å². The fourth-order valence-electron chi connectivity index (χ4n) is 3.96. The van der Waals surface area contributed by atoms with E-state index in [1.807, 2.05) is 36.1 Å². The Balaban J connectivity index is 1.48. The summed E-state index contributed by atoms with van der Waals surface area (Å²) in [5, 5.41) is 1.30. The Morgan fingerprint density at radius 1 is 1.00 bits per heavy atom. The van der Waals surface area contributed by atoms with E-state index in [1.165, 1.54) is 22.2 Å². The number of amides is 1. The van der Waals surface area contributed by atoms with Gasteiger partial charge in [0.25, 0.3) is 5.91 Å². The van der Waals surface area contributed by atoms with Crippen LogP contribution >= 0.6 is 0 Å². The Hall–Kier alpha value is -2.55. The normalized spacial score (nSPS) is 15.7. The van der Waals surface area contributed by atoms with Crippen LogP contribution in [0.2, 0.25) is 0 Å². The quantitative estimate of drug-likeness (QED) is 0.678. The molecule has 25 heavy (non-hydrogen) atoms. The first-order valence-corrected chi connectivity index (χ1v) is 9.04. The van der Waals surface area contributed by atoms with Gasteiger partial charge in [-0.3, -0.25) is 4.79 Å². The molecule has 1 saturated heterocycles. The third kappa shape index (κ3) is 2.95. The molecule has 0 spiro atoms. The monoisotopic (exact) mass is 332 g/mol. The van der Waals surface area contributed by atoms with E-state index < -0.39 is 0 Å². The van der Waals surface area contributed by atoms with Gasteiger partial charge in [0.05, 0.1) is 0 Å². The van der Waals surface area contributed by atoms with Crippen LogP contribution in [0.3, 0.4) is 0 Å². The molecular weight excluding hydrogens is 308 g/mol. The third-order valence-corrected chi connectivity index (χ3v) is 5.49. The van der Waals surface area contributed by atoms with Gasteiger partial charge in [0.2, 0.25) is 0 Å². The predicted octanol–water partition coefficient (Wildman–Crippen LogP) is 4.51. The molecule has 1 aromatic heterocycles. The summed E-state index contributed by atoms with van der Waals surface area (Å²) in [4.78, 5) is 14.7. The molecule has 3 heteroatoms. The topological polar surface area (TPSA) is 25.2 Å². The van der Waals surface area contributed by atoms with Crippen molar-refractivity contribution in [2.24, 2.45) is 7.05 Å². The van der Waals surface area contributed by atoms with E-state index in [0.717, 1.165) is 31.5 Å². The Kier molecular flexibility index (Phi) is 4.08. The molecule has 1 fully saturated rings. The molecule has 1 amide bonds. The largest absolute Gasteiger partial charge is 0.347 e. The summed E-state index contributed by atoms with van der Waals surface area (Å²) in [5.74, 6) is 0.690. The first-order chi connectivity index (χ1) is 12.1. The second kappa shape index (κ2) is 6.40. The summed E-state index contributed by atoms with van der Waals surface area (Å²) in [6.45, 7) is 3.71. The minimum Gasteiger partial charge on any atom is -0.347 e. The molecule has 0 saturated carbocycles. The van der Waals surface area contributed by atoms with Crippen molar-refractivity contribution in [2.45, 2.75) is 25.7 Å². The number of hydrogen-bond acceptors (Lipinski definition) is 1. The van der Waals surface area contributed by atoms with Crippen LogP contribution in [0.4, 0.5) is 0 Å². The van der Waals surface area contributed by atoms with E-state index in [1.54, 1.807) is 0 Å². The molecule has 1 aliphatic rings. The number of para-hydroxylation sites is 1. The maximum absolute atomic E-state index is 12.7. The van der Waals surface area contributed by atoms with Crippen LogP contribution in [-0.4, -0.2) is 28.5 Å². The Morgan fingerprint density at radius 3 is 2.36 bits per heavy atom. The van der Waals surface area contributed by atoms with Gasteiger partial charge in [0.1, 0.15) is 0 Å². The second-order valence-electron chi connectivity index (χ2n) is 7.12. The maximum atomic E-state index is 12.7. The number of aryl methyl sites for hydroxylation is 2. The molecule has 0 radical (unpaired) electrons. The lowest BCUT2D eigenvalue weighted by atomic mass is 9.93. The summed E-state index contributed by atoms with van der Waals surface area (Å²) in [6, 6.07) is 18.7. The fraction of sp³-hybridized carbons (Fsp3) is 0.318. The van der Waals surface area contributed by atoms with Crippen LogP contribution in [0, 0.1) is 6.92 Å². The highest BCUT2D eigenvalue weighted by Gasteiger charge is 2.26. The number of piperidine rings is 1. The molecule has 4 rings (SSSR count). The highest BCUT2D eigenvalue weighted by atomic mass is 16.2. The van der Waals surface area contributed by atoms with Crippen LogP contribution in [0.15, 0.2) is 54.6 Å². The Morgan fingerprint density at radius 2 is 1.68 bits per heavy atom. The summed E-state index contributed by atoms with van der Waals surface area (Å²) in [6.07, 6.45) is 2.06.